The number of benzene rings is 2. The second-order valence-electron chi connectivity index (χ2n) is 8.49. The predicted octanol–water partition coefficient (Wildman–Crippen LogP) is 4.65. The number of nitrogens with zero attached hydrogens (tertiary/aromatic N) is 3. The summed E-state index contributed by atoms with van der Waals surface area (Å²) < 4.78 is 0. The molecule has 9 heteroatoms. The summed E-state index contributed by atoms with van der Waals surface area (Å²) in [6.45, 7) is 4.71. The van der Waals surface area contributed by atoms with Crippen molar-refractivity contribution < 1.29 is 9.59 Å². The van der Waals surface area contributed by atoms with E-state index in [4.69, 9.17) is 34.8 Å². The number of para-hydroxylation sites is 1. The lowest BCUT2D eigenvalue weighted by molar-refractivity contribution is -0.137. The summed E-state index contributed by atoms with van der Waals surface area (Å²) in [6.07, 6.45) is 1.53. The summed E-state index contributed by atoms with van der Waals surface area (Å²) in [5, 5.41) is 4.45. The van der Waals surface area contributed by atoms with Crippen LogP contribution in [0, 0.1) is 5.92 Å². The number of likely N-dealkylation sites (tertiary alicyclic amines) is 1. The zero-order chi connectivity index (χ0) is 23.4. The summed E-state index contributed by atoms with van der Waals surface area (Å²) >= 11 is 18.2. The highest BCUT2D eigenvalue weighted by Crippen LogP contribution is 2.28. The molecule has 0 saturated carbocycles. The quantitative estimate of drug-likeness (QED) is 0.638. The Kier molecular flexibility index (Phi) is 8.02. The maximum Gasteiger partial charge on any atom is 0.238 e. The first-order valence-electron chi connectivity index (χ1n) is 11.2. The van der Waals surface area contributed by atoms with E-state index in [1.54, 1.807) is 18.2 Å². The van der Waals surface area contributed by atoms with Crippen LogP contribution < -0.4 is 10.2 Å². The average molecular weight is 510 g/mol. The lowest BCUT2D eigenvalue weighted by atomic mass is 9.95. The van der Waals surface area contributed by atoms with E-state index in [0.717, 1.165) is 49.7 Å². The lowest BCUT2D eigenvalue weighted by Gasteiger charge is -2.39. The number of piperazine rings is 1. The Morgan fingerprint density at radius 1 is 0.848 bits per heavy atom. The van der Waals surface area contributed by atoms with E-state index in [1.807, 2.05) is 29.2 Å². The van der Waals surface area contributed by atoms with Gasteiger partial charge in [0.25, 0.3) is 0 Å². The number of piperidine rings is 1. The minimum absolute atomic E-state index is 0.0197. The van der Waals surface area contributed by atoms with Gasteiger partial charge in [-0.1, -0.05) is 46.9 Å². The molecular formula is C24H27Cl3N4O2. The molecule has 6 nitrogen and oxygen atoms in total. The third kappa shape index (κ3) is 6.12. The van der Waals surface area contributed by atoms with Gasteiger partial charge in [0.05, 0.1) is 27.3 Å². The highest BCUT2D eigenvalue weighted by molar-refractivity contribution is 6.42. The third-order valence-corrected chi connectivity index (χ3v) is 7.35. The van der Waals surface area contributed by atoms with Gasteiger partial charge in [0.2, 0.25) is 11.8 Å². The Balaban J connectivity index is 1.21. The van der Waals surface area contributed by atoms with Crippen LogP contribution in [0.1, 0.15) is 12.8 Å². The van der Waals surface area contributed by atoms with Gasteiger partial charge in [-0.15, -0.1) is 0 Å². The molecule has 0 bridgehead atoms. The molecule has 4 rings (SSSR count). The molecule has 2 saturated heterocycles. The second-order valence-corrected chi connectivity index (χ2v) is 9.71. The topological polar surface area (TPSA) is 55.9 Å². The molecule has 0 aliphatic carbocycles. The van der Waals surface area contributed by atoms with Crippen LogP contribution in [0.25, 0.3) is 0 Å². The van der Waals surface area contributed by atoms with Crippen molar-refractivity contribution in [3.8, 4) is 0 Å². The Hall–Kier alpha value is -1.99. The zero-order valence-electron chi connectivity index (χ0n) is 18.3. The number of nitrogens with one attached hydrogen (secondary N) is 1. The van der Waals surface area contributed by atoms with Gasteiger partial charge in [0.15, 0.2) is 0 Å². The van der Waals surface area contributed by atoms with E-state index in [1.165, 1.54) is 0 Å². The molecule has 2 aromatic carbocycles. The van der Waals surface area contributed by atoms with Crippen molar-refractivity contribution in [2.24, 2.45) is 5.92 Å². The third-order valence-electron chi connectivity index (χ3n) is 6.29. The summed E-state index contributed by atoms with van der Waals surface area (Å²) in [6, 6.07) is 12.8. The molecule has 0 spiro atoms. The predicted molar refractivity (Wildman–Crippen MR) is 135 cm³/mol. The van der Waals surface area contributed by atoms with Crippen molar-refractivity contribution >= 4 is 58.0 Å². The first-order valence-corrected chi connectivity index (χ1v) is 12.3. The lowest BCUT2D eigenvalue weighted by Crippen LogP contribution is -2.52. The van der Waals surface area contributed by atoms with E-state index < -0.39 is 0 Å². The Bertz CT molecular complexity index is 1000. The van der Waals surface area contributed by atoms with Crippen LogP contribution in [0.5, 0.6) is 0 Å². The number of anilines is 2. The fourth-order valence-electron chi connectivity index (χ4n) is 4.45. The van der Waals surface area contributed by atoms with Crippen LogP contribution >= 0.6 is 34.8 Å². The van der Waals surface area contributed by atoms with Gasteiger partial charge < -0.3 is 15.1 Å². The van der Waals surface area contributed by atoms with Crippen molar-refractivity contribution in [3.63, 3.8) is 0 Å². The first kappa shape index (κ1) is 24.1. The Labute approximate surface area is 209 Å². The van der Waals surface area contributed by atoms with E-state index in [-0.39, 0.29) is 24.3 Å². The van der Waals surface area contributed by atoms with Crippen molar-refractivity contribution in [3.05, 3.63) is 57.5 Å². The summed E-state index contributed by atoms with van der Waals surface area (Å²) in [7, 11) is 0. The smallest absolute Gasteiger partial charge is 0.238 e. The standard InChI is InChI=1S/C24H27Cl3N4O2/c25-19-6-5-18(15-21(19)27)28-23(32)16-29-9-7-17(8-10-29)24(33)31-13-11-30(12-14-31)22-4-2-1-3-20(22)26/h1-6,15,17H,7-14,16H2,(H,28,32). The molecule has 0 radical (unpaired) electrons. The van der Waals surface area contributed by atoms with Crippen LogP contribution in [0.4, 0.5) is 11.4 Å². The van der Waals surface area contributed by atoms with E-state index in [2.05, 4.69) is 15.1 Å². The molecule has 0 aromatic heterocycles. The molecule has 0 unspecified atom stereocenters. The maximum absolute atomic E-state index is 13.1. The fraction of sp³-hybridized carbons (Fsp3) is 0.417. The molecule has 2 aliphatic heterocycles. The molecule has 2 amide bonds. The Morgan fingerprint density at radius 2 is 1.55 bits per heavy atom. The molecule has 2 fully saturated rings. The largest absolute Gasteiger partial charge is 0.367 e. The molecule has 2 heterocycles. The maximum atomic E-state index is 13.1. The molecule has 2 aliphatic rings. The highest BCUT2D eigenvalue weighted by atomic mass is 35.5. The van der Waals surface area contributed by atoms with Crippen LogP contribution in [0.15, 0.2) is 42.5 Å². The van der Waals surface area contributed by atoms with Gasteiger partial charge in [-0.25, -0.2) is 0 Å². The van der Waals surface area contributed by atoms with E-state index >= 15 is 0 Å². The van der Waals surface area contributed by atoms with Crippen molar-refractivity contribution in [2.45, 2.75) is 12.8 Å². The molecule has 0 atom stereocenters. The number of carbonyl (C=O) groups excluding carboxylic acids is 2. The number of amides is 2. The minimum Gasteiger partial charge on any atom is -0.367 e. The van der Waals surface area contributed by atoms with E-state index in [0.29, 0.717) is 28.8 Å². The molecular weight excluding hydrogens is 483 g/mol. The molecule has 176 valence electrons. The van der Waals surface area contributed by atoms with E-state index in [9.17, 15) is 9.59 Å². The van der Waals surface area contributed by atoms with Gasteiger partial charge >= 0.3 is 0 Å². The number of hydrogen-bond donors (Lipinski definition) is 1. The highest BCUT2D eigenvalue weighted by Gasteiger charge is 2.31. The number of halogens is 3. The van der Waals surface area contributed by atoms with Crippen molar-refractivity contribution in [1.29, 1.82) is 0 Å². The molecule has 2 aromatic rings. The Morgan fingerprint density at radius 3 is 2.21 bits per heavy atom. The van der Waals surface area contributed by atoms with Gasteiger partial charge in [-0.2, -0.15) is 0 Å². The molecule has 1 N–H and O–H groups in total. The molecule has 33 heavy (non-hydrogen) atoms. The SMILES string of the molecule is O=C(CN1CCC(C(=O)N2CCN(c3ccccc3Cl)CC2)CC1)Nc1ccc(Cl)c(Cl)c1. The minimum atomic E-state index is -0.103. The van der Waals surface area contributed by atoms with Gasteiger partial charge in [-0.05, 0) is 56.3 Å². The monoisotopic (exact) mass is 508 g/mol. The van der Waals surface area contributed by atoms with Crippen molar-refractivity contribution in [2.75, 3.05) is 56.0 Å². The van der Waals surface area contributed by atoms with Crippen LogP contribution in [0.3, 0.4) is 0 Å². The normalized spacial score (nSPS) is 17.8. The summed E-state index contributed by atoms with van der Waals surface area (Å²) in [5.41, 5.74) is 1.65. The number of hydrogen-bond acceptors (Lipinski definition) is 4. The van der Waals surface area contributed by atoms with Gasteiger partial charge in [0, 0.05) is 37.8 Å². The summed E-state index contributed by atoms with van der Waals surface area (Å²) in [5.74, 6) is 0.147. The van der Waals surface area contributed by atoms with Crippen LogP contribution in [0.2, 0.25) is 15.1 Å². The average Bonchev–Trinajstić information content (AvgIpc) is 2.82. The van der Waals surface area contributed by atoms with Crippen LogP contribution in [-0.2, 0) is 9.59 Å². The van der Waals surface area contributed by atoms with Crippen molar-refractivity contribution in [1.82, 2.24) is 9.80 Å². The first-order chi connectivity index (χ1) is 15.9. The van der Waals surface area contributed by atoms with Crippen LogP contribution in [-0.4, -0.2) is 67.4 Å². The zero-order valence-corrected chi connectivity index (χ0v) is 20.5. The number of rotatable bonds is 5. The number of carbonyl (C=O) groups is 2. The van der Waals surface area contributed by atoms with Gasteiger partial charge in [-0.3, -0.25) is 14.5 Å². The second kappa shape index (κ2) is 11.0. The van der Waals surface area contributed by atoms with Gasteiger partial charge in [0.1, 0.15) is 0 Å². The fourth-order valence-corrected chi connectivity index (χ4v) is 5.00. The summed E-state index contributed by atoms with van der Waals surface area (Å²) in [4.78, 5) is 31.7.